The van der Waals surface area contributed by atoms with Crippen molar-refractivity contribution in [3.8, 4) is 0 Å². The Bertz CT molecular complexity index is 168. The molecule has 0 unspecified atom stereocenters. The van der Waals surface area contributed by atoms with Gasteiger partial charge in [0.15, 0.2) is 0 Å². The van der Waals surface area contributed by atoms with Crippen LogP contribution in [-0.2, 0) is 0 Å². The Morgan fingerprint density at radius 2 is 1.39 bits per heavy atom. The number of rotatable bonds is 1. The van der Waals surface area contributed by atoms with Crippen LogP contribution in [0.4, 0.5) is 0 Å². The lowest BCUT2D eigenvalue weighted by molar-refractivity contribution is 0.164. The van der Waals surface area contributed by atoms with Crippen molar-refractivity contribution in [3.05, 3.63) is 0 Å². The van der Waals surface area contributed by atoms with E-state index in [1.807, 2.05) is 0 Å². The summed E-state index contributed by atoms with van der Waals surface area (Å²) in [6.45, 7) is 5.16. The highest BCUT2D eigenvalue weighted by Crippen LogP contribution is 2.20. The fourth-order valence-corrected chi connectivity index (χ4v) is 3.12. The van der Waals surface area contributed by atoms with Gasteiger partial charge in [0.2, 0.25) is 0 Å². The predicted molar refractivity (Wildman–Crippen MR) is 76.3 cm³/mol. The topological polar surface area (TPSA) is 39.3 Å². The maximum atomic E-state index is 3.50. The molecule has 2 rings (SSSR count). The van der Waals surface area contributed by atoms with Crippen molar-refractivity contribution in [2.45, 2.75) is 57.4 Å². The summed E-state index contributed by atoms with van der Waals surface area (Å²) in [6, 6.07) is 0.801. The molecule has 4 heteroatoms. The molecular weight excluding hydrogens is 224 g/mol. The number of hydrogen-bond acceptors (Lipinski definition) is 4. The lowest BCUT2D eigenvalue weighted by atomic mass is 10.0. The summed E-state index contributed by atoms with van der Waals surface area (Å²) in [4.78, 5) is 2.66. The van der Waals surface area contributed by atoms with Crippen LogP contribution >= 0.6 is 0 Å². The first kappa shape index (κ1) is 14.3. The van der Waals surface area contributed by atoms with E-state index in [0.717, 1.165) is 32.6 Å². The Labute approximate surface area is 112 Å². The summed E-state index contributed by atoms with van der Waals surface area (Å²) in [7, 11) is 0. The van der Waals surface area contributed by atoms with E-state index in [1.54, 1.807) is 0 Å². The van der Waals surface area contributed by atoms with E-state index in [2.05, 4.69) is 20.9 Å². The summed E-state index contributed by atoms with van der Waals surface area (Å²) in [5.74, 6) is 0. The molecule has 1 heterocycles. The average molecular weight is 254 g/mol. The van der Waals surface area contributed by atoms with Gasteiger partial charge < -0.3 is 5.32 Å². The third-order valence-electron chi connectivity index (χ3n) is 4.23. The lowest BCUT2D eigenvalue weighted by Crippen LogP contribution is -2.44. The molecule has 0 atom stereocenters. The highest BCUT2D eigenvalue weighted by atomic mass is 15.3. The second kappa shape index (κ2) is 8.86. The minimum absolute atomic E-state index is 0.801. The van der Waals surface area contributed by atoms with Crippen LogP contribution in [0.1, 0.15) is 51.4 Å². The monoisotopic (exact) mass is 254 g/mol. The minimum atomic E-state index is 0.801. The second-order valence-electron chi connectivity index (χ2n) is 5.68. The SMILES string of the molecule is C1CCCCC(N2CCNCNCNC2)CCC1. The highest BCUT2D eigenvalue weighted by molar-refractivity contribution is 4.74. The van der Waals surface area contributed by atoms with Crippen LogP contribution in [0.15, 0.2) is 0 Å². The van der Waals surface area contributed by atoms with Crippen molar-refractivity contribution in [3.63, 3.8) is 0 Å². The normalized spacial score (nSPS) is 27.3. The summed E-state index contributed by atoms with van der Waals surface area (Å²) < 4.78 is 0. The second-order valence-corrected chi connectivity index (χ2v) is 5.68. The third kappa shape index (κ3) is 5.22. The van der Waals surface area contributed by atoms with Gasteiger partial charge in [0.05, 0.1) is 0 Å². The van der Waals surface area contributed by atoms with E-state index >= 15 is 0 Å². The number of nitrogens with zero attached hydrogens (tertiary/aromatic N) is 1. The van der Waals surface area contributed by atoms with Gasteiger partial charge in [-0.25, -0.2) is 0 Å². The van der Waals surface area contributed by atoms with Gasteiger partial charge in [-0.1, -0.05) is 38.5 Å². The summed E-state index contributed by atoms with van der Waals surface area (Å²) in [5.41, 5.74) is 0. The standard InChI is InChI=1S/C14H30N4/c1-2-4-6-8-14(7-5-3-1)18-10-9-15-11-16-12-17-13-18/h14-17H,1-13H2. The van der Waals surface area contributed by atoms with Crippen molar-refractivity contribution < 1.29 is 0 Å². The van der Waals surface area contributed by atoms with E-state index in [4.69, 9.17) is 0 Å². The van der Waals surface area contributed by atoms with Crippen molar-refractivity contribution in [2.75, 3.05) is 33.1 Å². The summed E-state index contributed by atoms with van der Waals surface area (Å²) in [5, 5.41) is 10.3. The van der Waals surface area contributed by atoms with E-state index in [9.17, 15) is 0 Å². The van der Waals surface area contributed by atoms with Crippen molar-refractivity contribution in [2.24, 2.45) is 0 Å². The van der Waals surface area contributed by atoms with Gasteiger partial charge >= 0.3 is 0 Å². The van der Waals surface area contributed by atoms with E-state index < -0.39 is 0 Å². The summed E-state index contributed by atoms with van der Waals surface area (Å²) >= 11 is 0. The van der Waals surface area contributed by atoms with Crippen molar-refractivity contribution in [1.82, 2.24) is 20.9 Å². The summed E-state index contributed by atoms with van der Waals surface area (Å²) in [6.07, 6.45) is 11.4. The molecule has 2 aliphatic rings. The van der Waals surface area contributed by atoms with Crippen LogP contribution in [0.5, 0.6) is 0 Å². The maximum Gasteiger partial charge on any atom is 0.0493 e. The van der Waals surface area contributed by atoms with Gasteiger partial charge in [-0.2, -0.15) is 0 Å². The van der Waals surface area contributed by atoms with E-state index in [0.29, 0.717) is 0 Å². The van der Waals surface area contributed by atoms with Gasteiger partial charge in [0.25, 0.3) is 0 Å². The molecule has 0 radical (unpaired) electrons. The molecule has 4 nitrogen and oxygen atoms in total. The third-order valence-corrected chi connectivity index (χ3v) is 4.23. The van der Waals surface area contributed by atoms with Crippen molar-refractivity contribution >= 4 is 0 Å². The molecule has 0 bridgehead atoms. The fourth-order valence-electron chi connectivity index (χ4n) is 3.12. The molecule has 0 aromatic carbocycles. The molecule has 0 amide bonds. The zero-order valence-electron chi connectivity index (χ0n) is 11.7. The first-order chi connectivity index (χ1) is 8.97. The first-order valence-electron chi connectivity index (χ1n) is 7.83. The highest BCUT2D eigenvalue weighted by Gasteiger charge is 2.18. The molecule has 0 aromatic heterocycles. The average Bonchev–Trinajstić information content (AvgIpc) is 2.61. The maximum absolute atomic E-state index is 3.50. The van der Waals surface area contributed by atoms with Crippen LogP contribution < -0.4 is 16.0 Å². The lowest BCUT2D eigenvalue weighted by Gasteiger charge is -2.31. The zero-order valence-corrected chi connectivity index (χ0v) is 11.7. The largest absolute Gasteiger partial charge is 0.303 e. The zero-order chi connectivity index (χ0) is 12.5. The van der Waals surface area contributed by atoms with Gasteiger partial charge in [-0.15, -0.1) is 0 Å². The van der Waals surface area contributed by atoms with E-state index in [1.165, 1.54) is 57.9 Å². The number of nitrogens with one attached hydrogen (secondary N) is 3. The van der Waals surface area contributed by atoms with Crippen LogP contribution in [0, 0.1) is 0 Å². The molecule has 1 saturated heterocycles. The van der Waals surface area contributed by atoms with Gasteiger partial charge in [-0.05, 0) is 12.8 Å². The van der Waals surface area contributed by atoms with Crippen LogP contribution in [0.3, 0.4) is 0 Å². The van der Waals surface area contributed by atoms with Gasteiger partial charge in [-0.3, -0.25) is 15.5 Å². The van der Waals surface area contributed by atoms with Crippen LogP contribution in [-0.4, -0.2) is 44.0 Å². The Balaban J connectivity index is 1.83. The molecule has 18 heavy (non-hydrogen) atoms. The Morgan fingerprint density at radius 3 is 2.17 bits per heavy atom. The predicted octanol–water partition coefficient (Wildman–Crippen LogP) is 1.45. The van der Waals surface area contributed by atoms with Crippen LogP contribution in [0.25, 0.3) is 0 Å². The van der Waals surface area contributed by atoms with Crippen LogP contribution in [0.2, 0.25) is 0 Å². The Morgan fingerprint density at radius 1 is 0.722 bits per heavy atom. The minimum Gasteiger partial charge on any atom is -0.303 e. The van der Waals surface area contributed by atoms with Gasteiger partial charge in [0, 0.05) is 39.1 Å². The molecule has 2 fully saturated rings. The van der Waals surface area contributed by atoms with Crippen molar-refractivity contribution in [1.29, 1.82) is 0 Å². The van der Waals surface area contributed by atoms with Gasteiger partial charge in [0.1, 0.15) is 0 Å². The molecule has 1 aliphatic heterocycles. The smallest absolute Gasteiger partial charge is 0.0493 e. The Kier molecular flexibility index (Phi) is 7.01. The fraction of sp³-hybridized carbons (Fsp3) is 1.00. The molecule has 1 aliphatic carbocycles. The van der Waals surface area contributed by atoms with E-state index in [-0.39, 0.29) is 0 Å². The number of hydrogen-bond donors (Lipinski definition) is 3. The molecule has 0 aromatic rings. The molecule has 1 saturated carbocycles. The Hall–Kier alpha value is -0.160. The molecule has 0 spiro atoms. The molecule has 106 valence electrons. The molecule has 3 N–H and O–H groups in total. The first-order valence-corrected chi connectivity index (χ1v) is 7.83. The molecular formula is C14H30N4. The quantitative estimate of drug-likeness (QED) is 0.662.